The van der Waals surface area contributed by atoms with Gasteiger partial charge in [0.25, 0.3) is 0 Å². The number of Topliss-reactive ketones (excluding diaryl/α,β-unsaturated/α-hetero) is 1. The zero-order valence-corrected chi connectivity index (χ0v) is 46.1. The van der Waals surface area contributed by atoms with E-state index < -0.39 is 9.84 Å². The van der Waals surface area contributed by atoms with Crippen molar-refractivity contribution in [2.45, 2.75) is 81.1 Å². The number of nitrogens with one attached hydrogen (secondary N) is 1. The maximum absolute atomic E-state index is 11.0. The van der Waals surface area contributed by atoms with E-state index in [1.165, 1.54) is 60.7 Å². The molecule has 0 bridgehead atoms. The minimum absolute atomic E-state index is 0.0353. The van der Waals surface area contributed by atoms with Gasteiger partial charge in [0.15, 0.2) is 22.4 Å². The molecule has 8 aliphatic heterocycles. The number of esters is 1. The number of ketones is 1. The first-order valence-electron chi connectivity index (χ1n) is 23.3. The van der Waals surface area contributed by atoms with Gasteiger partial charge in [0.05, 0.1) is 29.4 Å². The van der Waals surface area contributed by atoms with Gasteiger partial charge in [0, 0.05) is 150 Å². The van der Waals surface area contributed by atoms with Gasteiger partial charge in [0.2, 0.25) is 5.91 Å². The van der Waals surface area contributed by atoms with Gasteiger partial charge in [-0.15, -0.1) is 11.8 Å². The average Bonchev–Trinajstić information content (AvgIpc) is 3.64. The smallest absolute Gasteiger partial charge is 0.336 e. The second-order valence-corrected chi connectivity index (χ2v) is 21.9. The fraction of sp³-hybridized carbons (Fsp3) is 0.620. The third-order valence-corrected chi connectivity index (χ3v) is 13.5. The fourth-order valence-corrected chi connectivity index (χ4v) is 8.93. The number of hydrogen-bond acceptors (Lipinski definition) is 16. The molecule has 0 radical (unpaired) electrons. The third kappa shape index (κ3) is 27.7. The number of amides is 1. The first-order chi connectivity index (χ1) is 31.8. The van der Waals surface area contributed by atoms with Crippen LogP contribution < -0.4 is 5.32 Å². The van der Waals surface area contributed by atoms with E-state index >= 15 is 0 Å². The van der Waals surface area contributed by atoms with Gasteiger partial charge in [-0.05, 0) is 92.0 Å². The van der Waals surface area contributed by atoms with E-state index in [9.17, 15) is 22.8 Å². The van der Waals surface area contributed by atoms with Gasteiger partial charge in [-0.25, -0.2) is 13.2 Å². The Hall–Kier alpha value is -4.97. The minimum Gasteiger partial charge on any atom is -0.495 e. The summed E-state index contributed by atoms with van der Waals surface area (Å²) < 4.78 is 32.0. The van der Waals surface area contributed by atoms with Gasteiger partial charge < -0.3 is 54.0 Å². The summed E-state index contributed by atoms with van der Waals surface area (Å²) in [5, 5.41) is 2.70. The number of ether oxygens (including phenoxy) is 2. The van der Waals surface area contributed by atoms with Crippen molar-refractivity contribution in [1.29, 1.82) is 0 Å². The molecule has 68 heavy (non-hydrogen) atoms. The average molecular weight is 990 g/mol. The summed E-state index contributed by atoms with van der Waals surface area (Å²) in [7, 11) is 13.2. The summed E-state index contributed by atoms with van der Waals surface area (Å²) in [5.41, 5.74) is 5.32. The van der Waals surface area contributed by atoms with E-state index in [1.807, 2.05) is 99.0 Å². The largest absolute Gasteiger partial charge is 0.495 e. The predicted molar refractivity (Wildman–Crippen MR) is 281 cm³/mol. The molecule has 8 heterocycles. The lowest BCUT2D eigenvalue weighted by molar-refractivity contribution is -0.144. The molecule has 8 rings (SSSR count). The van der Waals surface area contributed by atoms with Crippen LogP contribution in [0, 0.1) is 0 Å². The van der Waals surface area contributed by atoms with Crippen molar-refractivity contribution in [2.75, 3.05) is 127 Å². The standard InChI is InChI=1S/C7H11NO.C7H13N.C6H10N2O.C6H11NO2S.C6H9NO2.C6H11NO.C6H11NS.C6H11N/c1-6-5-8(2)4-3-7(6)9;1-7-4-3-5-8(2)6-7;1-5-3-8(2)4-7-6(5)9;1-6-5-7(2)3-4-10(6,8)9;1-5-3-7(2)4-9-6(5)8;2*1-6-5-7(2)3-4-8-6;1-6-3-4-7(2)5-6/h5H,3-4H2,1-2H3;6H,3-5H2,1-2H3;3H,4H2,1-2H3,(H,7,9);5H,3-4H2,1-2H3;3H,4H2,1-2H3;2*5H,3-4H2,1-2H3;5H,3-4H2,1-2H3. The molecule has 0 aliphatic carbocycles. The number of carbonyl (C=O) groups is 3. The quantitative estimate of drug-likeness (QED) is 0.267. The zero-order valence-electron chi connectivity index (χ0n) is 44.5. The molecule has 0 atom stereocenters. The molecule has 16 nitrogen and oxygen atoms in total. The number of rotatable bonds is 0. The molecule has 18 heteroatoms. The number of hydrogen-bond donors (Lipinski definition) is 1. The molecule has 0 saturated carbocycles. The van der Waals surface area contributed by atoms with Crippen LogP contribution in [0.3, 0.4) is 0 Å². The second-order valence-electron chi connectivity index (χ2n) is 18.3. The maximum Gasteiger partial charge on any atom is 0.336 e. The monoisotopic (exact) mass is 990 g/mol. The summed E-state index contributed by atoms with van der Waals surface area (Å²) in [6, 6.07) is 0. The van der Waals surface area contributed by atoms with Crippen LogP contribution in [0.1, 0.15) is 81.1 Å². The number of nitrogens with zero attached hydrogens (tertiary/aromatic N) is 8. The number of sulfone groups is 1. The van der Waals surface area contributed by atoms with Crippen molar-refractivity contribution in [3.05, 3.63) is 93.0 Å². The first-order valence-corrected chi connectivity index (χ1v) is 26.0. The van der Waals surface area contributed by atoms with Crippen molar-refractivity contribution >= 4 is 39.3 Å². The van der Waals surface area contributed by atoms with Crippen LogP contribution in [0.25, 0.3) is 0 Å². The Morgan fingerprint density at radius 2 is 1.07 bits per heavy atom. The van der Waals surface area contributed by atoms with Crippen molar-refractivity contribution in [3.8, 4) is 0 Å². The molecule has 0 aromatic heterocycles. The van der Waals surface area contributed by atoms with Gasteiger partial charge >= 0.3 is 5.97 Å². The van der Waals surface area contributed by atoms with Crippen LogP contribution in [0.4, 0.5) is 0 Å². The molecule has 386 valence electrons. The van der Waals surface area contributed by atoms with E-state index in [0.29, 0.717) is 36.8 Å². The van der Waals surface area contributed by atoms with Crippen molar-refractivity contribution in [1.82, 2.24) is 44.5 Å². The lowest BCUT2D eigenvalue weighted by atomic mass is 10.1. The van der Waals surface area contributed by atoms with Crippen molar-refractivity contribution in [2.24, 2.45) is 0 Å². The predicted octanol–water partition coefficient (Wildman–Crippen LogP) is 6.43. The highest BCUT2D eigenvalue weighted by atomic mass is 32.2. The summed E-state index contributed by atoms with van der Waals surface area (Å²) in [5.74, 6) is 2.62. The lowest BCUT2D eigenvalue weighted by Crippen LogP contribution is -2.37. The highest BCUT2D eigenvalue weighted by molar-refractivity contribution is 8.03. The van der Waals surface area contributed by atoms with Gasteiger partial charge in [-0.3, -0.25) is 9.59 Å². The normalized spacial score (nSPS) is 20.6. The molecule has 0 spiro atoms. The van der Waals surface area contributed by atoms with Crippen LogP contribution in [0.15, 0.2) is 93.0 Å². The van der Waals surface area contributed by atoms with Gasteiger partial charge in [-0.1, -0.05) is 11.1 Å². The molecule has 8 aliphatic rings. The SMILES string of the molecule is CC1=CN(C)CC1.CC1=CN(C)CCC1.CC1=CN(C)CCC1=O.CC1=CN(C)CCO1.CC1=CN(C)CCS1.CC1=CN(C)CCS1(=O)=O.CC1=CN(C)CNC1=O.CC1=CN(C)COC1=O. The summed E-state index contributed by atoms with van der Waals surface area (Å²) in [6.45, 7) is 23.5. The Kier molecular flexibility index (Phi) is 28.7. The molecule has 0 unspecified atom stereocenters. The number of likely N-dealkylation sites (N-methyl/N-ethyl adjacent to an activating group) is 1. The van der Waals surface area contributed by atoms with Crippen LogP contribution in [0.5, 0.6) is 0 Å². The van der Waals surface area contributed by atoms with Gasteiger partial charge in [-0.2, -0.15) is 0 Å². The van der Waals surface area contributed by atoms with Crippen LogP contribution in [0.2, 0.25) is 0 Å². The first kappa shape index (κ1) is 61.0. The molecular weight excluding hydrogens is 903 g/mol. The fourth-order valence-electron chi connectivity index (χ4n) is 6.78. The van der Waals surface area contributed by atoms with E-state index in [0.717, 1.165) is 36.6 Å². The van der Waals surface area contributed by atoms with Crippen LogP contribution in [-0.4, -0.2) is 192 Å². The number of carbonyl (C=O) groups excluding carboxylic acids is 3. The zero-order chi connectivity index (χ0) is 51.6. The van der Waals surface area contributed by atoms with E-state index in [4.69, 9.17) is 9.47 Å². The summed E-state index contributed by atoms with van der Waals surface area (Å²) in [6.07, 6.45) is 20.3. The Bertz CT molecular complexity index is 1830. The number of cyclic esters (lactones) is 1. The molecule has 0 aromatic rings. The highest BCUT2D eigenvalue weighted by Gasteiger charge is 2.19. The minimum atomic E-state index is -2.87. The Labute approximate surface area is 415 Å². The molecule has 0 aromatic carbocycles. The molecule has 0 saturated heterocycles. The van der Waals surface area contributed by atoms with E-state index in [2.05, 4.69) is 85.4 Å². The number of thioether (sulfide) groups is 1. The third-order valence-electron chi connectivity index (χ3n) is 10.7. The van der Waals surface area contributed by atoms with E-state index in [-0.39, 0.29) is 23.4 Å². The van der Waals surface area contributed by atoms with Crippen LogP contribution in [-0.2, 0) is 33.7 Å². The Morgan fingerprint density at radius 3 is 1.46 bits per heavy atom. The lowest BCUT2D eigenvalue weighted by Gasteiger charge is -2.21. The topological polar surface area (TPSA) is 142 Å². The summed E-state index contributed by atoms with van der Waals surface area (Å²) >= 11 is 1.94. The van der Waals surface area contributed by atoms with Crippen molar-refractivity contribution in [3.63, 3.8) is 0 Å². The molecule has 0 fully saturated rings. The van der Waals surface area contributed by atoms with E-state index in [1.54, 1.807) is 33.2 Å². The maximum atomic E-state index is 11.0. The molecule has 1 N–H and O–H groups in total. The summed E-state index contributed by atoms with van der Waals surface area (Å²) in [4.78, 5) is 50.6. The highest BCUT2D eigenvalue weighted by Crippen LogP contribution is 2.19. The van der Waals surface area contributed by atoms with Crippen LogP contribution >= 0.6 is 11.8 Å². The second kappa shape index (κ2) is 32.0. The van der Waals surface area contributed by atoms with Crippen molar-refractivity contribution < 1.29 is 32.3 Å². The van der Waals surface area contributed by atoms with Gasteiger partial charge in [0.1, 0.15) is 12.4 Å². The Balaban J connectivity index is 0.000000389. The Morgan fingerprint density at radius 1 is 0.529 bits per heavy atom. The number of allylic oxidation sites excluding steroid dienone is 5. The molecular formula is C50H87N9O7S2. The molecule has 1 amide bonds.